The molecule has 1 aliphatic heterocycles. The first-order chi connectivity index (χ1) is 10.5. The fourth-order valence-electron chi connectivity index (χ4n) is 3.14. The van der Waals surface area contributed by atoms with Crippen LogP contribution in [0, 0.1) is 17.6 Å². The Labute approximate surface area is 131 Å². The Kier molecular flexibility index (Phi) is 6.29. The minimum absolute atomic E-state index is 0.436. The summed E-state index contributed by atoms with van der Waals surface area (Å²) in [6, 6.07) is 3.61. The molecule has 22 heavy (non-hydrogen) atoms. The molecule has 3 nitrogen and oxygen atoms in total. The van der Waals surface area contributed by atoms with E-state index in [-0.39, 0.29) is 0 Å². The molecule has 0 aliphatic carbocycles. The molecule has 2 atom stereocenters. The Morgan fingerprint density at radius 2 is 2.00 bits per heavy atom. The third-order valence-corrected chi connectivity index (χ3v) is 4.54. The van der Waals surface area contributed by atoms with E-state index < -0.39 is 17.7 Å². The van der Waals surface area contributed by atoms with Gasteiger partial charge in [-0.15, -0.1) is 0 Å². The van der Waals surface area contributed by atoms with Crippen molar-refractivity contribution in [3.63, 3.8) is 0 Å². The molecular formula is C17H26F2N2O. The van der Waals surface area contributed by atoms with E-state index in [9.17, 15) is 13.9 Å². The molecule has 1 aliphatic rings. The molecule has 0 amide bonds. The molecule has 1 aromatic carbocycles. The van der Waals surface area contributed by atoms with Gasteiger partial charge in [-0.1, -0.05) is 19.9 Å². The number of hydrogen-bond donors (Lipinski definition) is 1. The third kappa shape index (κ3) is 4.48. The molecule has 5 heteroatoms. The number of β-amino-alcohol motifs (C(OH)–C–C–N with tert-alkyl or cyclic N) is 1. The Morgan fingerprint density at radius 3 is 2.64 bits per heavy atom. The van der Waals surface area contributed by atoms with Crippen molar-refractivity contribution in [1.29, 1.82) is 0 Å². The van der Waals surface area contributed by atoms with Gasteiger partial charge in [-0.2, -0.15) is 0 Å². The summed E-state index contributed by atoms with van der Waals surface area (Å²) >= 11 is 0. The van der Waals surface area contributed by atoms with Gasteiger partial charge in [0, 0.05) is 19.6 Å². The molecular weight excluding hydrogens is 286 g/mol. The number of likely N-dealkylation sites (tertiary alicyclic amines) is 1. The summed E-state index contributed by atoms with van der Waals surface area (Å²) < 4.78 is 26.2. The summed E-state index contributed by atoms with van der Waals surface area (Å²) in [6.07, 6.45) is 0.350. The summed E-state index contributed by atoms with van der Waals surface area (Å²) in [7, 11) is 0. The average molecular weight is 312 g/mol. The Hall–Kier alpha value is -1.04. The number of rotatable bonds is 7. The topological polar surface area (TPSA) is 26.7 Å². The SMILES string of the molecule is CCN(CC)CC1CCN(CC(O)c2ccc(F)c(F)c2)C1. The molecule has 0 bridgehead atoms. The normalized spacial score (nSPS) is 20.7. The standard InChI is InChI=1S/C17H26F2N2O/c1-3-20(4-2)10-13-7-8-21(11-13)12-17(22)14-5-6-15(18)16(19)9-14/h5-6,9,13,17,22H,3-4,7-8,10-12H2,1-2H3. The number of aliphatic hydroxyl groups is 1. The lowest BCUT2D eigenvalue weighted by Gasteiger charge is -2.23. The van der Waals surface area contributed by atoms with Gasteiger partial charge in [-0.05, 0) is 49.7 Å². The van der Waals surface area contributed by atoms with Crippen LogP contribution in [0.25, 0.3) is 0 Å². The molecule has 2 unspecified atom stereocenters. The average Bonchev–Trinajstić information content (AvgIpc) is 2.94. The van der Waals surface area contributed by atoms with E-state index in [0.29, 0.717) is 18.0 Å². The second-order valence-corrected chi connectivity index (χ2v) is 6.09. The Morgan fingerprint density at radius 1 is 1.27 bits per heavy atom. The van der Waals surface area contributed by atoms with Crippen molar-refractivity contribution >= 4 is 0 Å². The molecule has 1 saturated heterocycles. The molecule has 1 fully saturated rings. The highest BCUT2D eigenvalue weighted by molar-refractivity contribution is 5.20. The van der Waals surface area contributed by atoms with E-state index >= 15 is 0 Å². The molecule has 1 N–H and O–H groups in total. The van der Waals surface area contributed by atoms with Crippen LogP contribution in [-0.2, 0) is 0 Å². The van der Waals surface area contributed by atoms with Gasteiger partial charge in [0.05, 0.1) is 6.10 Å². The van der Waals surface area contributed by atoms with Crippen molar-refractivity contribution in [2.75, 3.05) is 39.3 Å². The lowest BCUT2D eigenvalue weighted by Crippen LogP contribution is -2.32. The highest BCUT2D eigenvalue weighted by Gasteiger charge is 2.25. The van der Waals surface area contributed by atoms with Crippen molar-refractivity contribution in [1.82, 2.24) is 9.80 Å². The van der Waals surface area contributed by atoms with Crippen LogP contribution in [0.5, 0.6) is 0 Å². The van der Waals surface area contributed by atoms with Crippen molar-refractivity contribution in [2.24, 2.45) is 5.92 Å². The van der Waals surface area contributed by atoms with Crippen LogP contribution in [0.1, 0.15) is 31.9 Å². The van der Waals surface area contributed by atoms with Crippen molar-refractivity contribution in [2.45, 2.75) is 26.4 Å². The van der Waals surface area contributed by atoms with Gasteiger partial charge in [-0.25, -0.2) is 8.78 Å². The zero-order chi connectivity index (χ0) is 16.1. The van der Waals surface area contributed by atoms with Gasteiger partial charge >= 0.3 is 0 Å². The number of aliphatic hydroxyl groups excluding tert-OH is 1. The van der Waals surface area contributed by atoms with Gasteiger partial charge in [0.2, 0.25) is 0 Å². The van der Waals surface area contributed by atoms with Crippen LogP contribution >= 0.6 is 0 Å². The number of hydrogen-bond acceptors (Lipinski definition) is 3. The van der Waals surface area contributed by atoms with Crippen molar-refractivity contribution in [3.8, 4) is 0 Å². The highest BCUT2D eigenvalue weighted by Crippen LogP contribution is 2.22. The van der Waals surface area contributed by atoms with Crippen LogP contribution in [0.3, 0.4) is 0 Å². The second kappa shape index (κ2) is 7.99. The molecule has 2 rings (SSSR count). The molecule has 0 spiro atoms. The van der Waals surface area contributed by atoms with E-state index in [1.807, 2.05) is 0 Å². The van der Waals surface area contributed by atoms with Crippen LogP contribution in [-0.4, -0.2) is 54.2 Å². The van der Waals surface area contributed by atoms with Crippen LogP contribution in [0.2, 0.25) is 0 Å². The highest BCUT2D eigenvalue weighted by atomic mass is 19.2. The van der Waals surface area contributed by atoms with Gasteiger partial charge < -0.3 is 14.9 Å². The maximum Gasteiger partial charge on any atom is 0.159 e. The molecule has 0 saturated carbocycles. The Balaban J connectivity index is 1.85. The van der Waals surface area contributed by atoms with Gasteiger partial charge in [0.15, 0.2) is 11.6 Å². The van der Waals surface area contributed by atoms with Gasteiger partial charge in [0.25, 0.3) is 0 Å². The molecule has 0 radical (unpaired) electrons. The molecule has 1 aromatic rings. The van der Waals surface area contributed by atoms with E-state index in [4.69, 9.17) is 0 Å². The third-order valence-electron chi connectivity index (χ3n) is 4.54. The fraction of sp³-hybridized carbons (Fsp3) is 0.647. The first-order valence-electron chi connectivity index (χ1n) is 8.11. The monoisotopic (exact) mass is 312 g/mol. The summed E-state index contributed by atoms with van der Waals surface area (Å²) in [5, 5.41) is 10.2. The maximum absolute atomic E-state index is 13.2. The minimum Gasteiger partial charge on any atom is -0.387 e. The minimum atomic E-state index is -0.905. The molecule has 1 heterocycles. The summed E-state index contributed by atoms with van der Waals surface area (Å²) in [6.45, 7) is 9.93. The van der Waals surface area contributed by atoms with Crippen molar-refractivity contribution < 1.29 is 13.9 Å². The zero-order valence-electron chi connectivity index (χ0n) is 13.4. The zero-order valence-corrected chi connectivity index (χ0v) is 13.4. The second-order valence-electron chi connectivity index (χ2n) is 6.09. The molecule has 0 aromatic heterocycles. The van der Waals surface area contributed by atoms with Crippen LogP contribution < -0.4 is 0 Å². The van der Waals surface area contributed by atoms with Gasteiger partial charge in [-0.3, -0.25) is 0 Å². The maximum atomic E-state index is 13.2. The van der Waals surface area contributed by atoms with E-state index in [0.717, 1.165) is 51.3 Å². The Bertz CT molecular complexity index is 480. The summed E-state index contributed by atoms with van der Waals surface area (Å²) in [4.78, 5) is 4.63. The number of benzene rings is 1. The van der Waals surface area contributed by atoms with E-state index in [1.54, 1.807) is 0 Å². The lowest BCUT2D eigenvalue weighted by molar-refractivity contribution is 0.122. The van der Waals surface area contributed by atoms with E-state index in [1.165, 1.54) is 6.07 Å². The van der Waals surface area contributed by atoms with Crippen LogP contribution in [0.4, 0.5) is 8.78 Å². The van der Waals surface area contributed by atoms with E-state index in [2.05, 4.69) is 23.6 Å². The summed E-state index contributed by atoms with van der Waals surface area (Å²) in [5.74, 6) is -1.16. The molecule has 124 valence electrons. The fourth-order valence-corrected chi connectivity index (χ4v) is 3.14. The number of halogens is 2. The number of nitrogens with zero attached hydrogens (tertiary/aromatic N) is 2. The quantitative estimate of drug-likeness (QED) is 0.838. The smallest absolute Gasteiger partial charge is 0.159 e. The predicted molar refractivity (Wildman–Crippen MR) is 83.7 cm³/mol. The van der Waals surface area contributed by atoms with Crippen LogP contribution in [0.15, 0.2) is 18.2 Å². The van der Waals surface area contributed by atoms with Crippen molar-refractivity contribution in [3.05, 3.63) is 35.4 Å². The first-order valence-corrected chi connectivity index (χ1v) is 8.11. The summed E-state index contributed by atoms with van der Waals surface area (Å²) in [5.41, 5.74) is 0.436. The predicted octanol–water partition coefficient (Wildman–Crippen LogP) is 2.66. The first kappa shape index (κ1) is 17.3. The lowest BCUT2D eigenvalue weighted by atomic mass is 10.1. The largest absolute Gasteiger partial charge is 0.387 e. The van der Waals surface area contributed by atoms with Gasteiger partial charge in [0.1, 0.15) is 0 Å².